The predicted molar refractivity (Wildman–Crippen MR) is 114 cm³/mol. The summed E-state index contributed by atoms with van der Waals surface area (Å²) in [5.74, 6) is 0. The number of nitrogens with one attached hydrogen (secondary N) is 1. The molecule has 5 aromatic heterocycles. The van der Waals surface area contributed by atoms with Gasteiger partial charge in [-0.3, -0.25) is 19.9 Å². The van der Waals surface area contributed by atoms with E-state index in [0.29, 0.717) is 0 Å². The van der Waals surface area contributed by atoms with Gasteiger partial charge in [-0.25, -0.2) is 4.98 Å². The van der Waals surface area contributed by atoms with Crippen molar-refractivity contribution in [2.24, 2.45) is 0 Å². The minimum atomic E-state index is 0. The summed E-state index contributed by atoms with van der Waals surface area (Å²) in [6.45, 7) is 0. The average molecular weight is 482 g/mol. The number of aromatic nitrogens is 6. The van der Waals surface area contributed by atoms with Crippen molar-refractivity contribution < 1.29 is 19.5 Å². The van der Waals surface area contributed by atoms with Crippen LogP contribution in [0.3, 0.4) is 0 Å². The zero-order valence-electron chi connectivity index (χ0n) is 16.1. The van der Waals surface area contributed by atoms with Crippen LogP contribution in [0.4, 0.5) is 0 Å². The van der Waals surface area contributed by atoms with Crippen LogP contribution in [0.2, 0.25) is 0 Å². The van der Waals surface area contributed by atoms with E-state index in [9.17, 15) is 0 Å². The topological polar surface area (TPSA) is 80.2 Å². The van der Waals surface area contributed by atoms with E-state index >= 15 is 0 Å². The number of hydrogen-bond acceptors (Lipinski definition) is 5. The van der Waals surface area contributed by atoms with Crippen molar-refractivity contribution in [2.45, 2.75) is 0 Å². The van der Waals surface area contributed by atoms with Crippen molar-refractivity contribution in [1.29, 1.82) is 0 Å². The van der Waals surface area contributed by atoms with Gasteiger partial charge in [-0.05, 0) is 48.5 Å². The van der Waals surface area contributed by atoms with Gasteiger partial charge in [-0.2, -0.15) is 0 Å². The first-order chi connectivity index (χ1) is 14.4. The van der Waals surface area contributed by atoms with Gasteiger partial charge in [0.2, 0.25) is 0 Å². The molecule has 0 saturated carbocycles. The summed E-state index contributed by atoms with van der Waals surface area (Å²) in [5.41, 5.74) is 3.66. The first kappa shape index (κ1) is 22.7. The third-order valence-electron chi connectivity index (χ3n) is 3.59. The molecule has 0 unspecified atom stereocenters. The first-order valence-corrected chi connectivity index (χ1v) is 9.01. The van der Waals surface area contributed by atoms with Crippen LogP contribution >= 0.6 is 0 Å². The van der Waals surface area contributed by atoms with Crippen molar-refractivity contribution in [3.05, 3.63) is 116 Å². The number of pyridine rings is 4. The third-order valence-corrected chi connectivity index (χ3v) is 3.59. The van der Waals surface area contributed by atoms with E-state index in [2.05, 4.69) is 29.9 Å². The molecule has 5 rings (SSSR count). The summed E-state index contributed by atoms with van der Waals surface area (Å²) >= 11 is 0. The molecule has 0 fully saturated rings. The Morgan fingerprint density at radius 2 is 0.833 bits per heavy atom. The summed E-state index contributed by atoms with van der Waals surface area (Å²) in [6, 6.07) is 23.2. The van der Waals surface area contributed by atoms with E-state index in [0.717, 1.165) is 22.8 Å². The minimum absolute atomic E-state index is 0. The van der Waals surface area contributed by atoms with E-state index in [4.69, 9.17) is 0 Å². The van der Waals surface area contributed by atoms with Crippen molar-refractivity contribution >= 4 is 0 Å². The number of imidazole rings is 1. The van der Waals surface area contributed by atoms with Crippen LogP contribution in [0, 0.1) is 0 Å². The number of nitrogens with zero attached hydrogens (tertiary/aromatic N) is 5. The van der Waals surface area contributed by atoms with Crippen molar-refractivity contribution in [3.63, 3.8) is 0 Å². The van der Waals surface area contributed by atoms with Gasteiger partial charge in [-0.15, -0.1) is 0 Å². The molecular weight excluding hydrogens is 461 g/mol. The average Bonchev–Trinajstić information content (AvgIpc) is 3.42. The van der Waals surface area contributed by atoms with Crippen molar-refractivity contribution in [3.8, 4) is 22.8 Å². The quantitative estimate of drug-likeness (QED) is 0.370. The maximum Gasteiger partial charge on any atom is 2.00 e. The summed E-state index contributed by atoms with van der Waals surface area (Å²) in [4.78, 5) is 23.2. The summed E-state index contributed by atoms with van der Waals surface area (Å²) in [7, 11) is 0. The maximum absolute atomic E-state index is 4.19. The molecule has 7 heteroatoms. The van der Waals surface area contributed by atoms with Gasteiger partial charge in [0.25, 0.3) is 0 Å². The van der Waals surface area contributed by atoms with E-state index in [1.165, 1.54) is 0 Å². The molecule has 0 bridgehead atoms. The predicted octanol–water partition coefficient (Wildman–Crippen LogP) is 4.69. The molecule has 0 atom stereocenters. The normalized spacial score (nSPS) is 9.07. The molecule has 0 aromatic carbocycles. The Balaban J connectivity index is 0.000000170. The standard InChI is InChI=1S/2C10H8N2.C3H4N2.Ru/c2*1-3-7-11-9(5-1)10-6-2-4-8-12-10;1-2-5-3-4-1;/h2*1-8H;1-3H,(H,4,5);/q;;;+2. The Morgan fingerprint density at radius 1 is 0.467 bits per heavy atom. The number of rotatable bonds is 2. The second-order valence-corrected chi connectivity index (χ2v) is 5.62. The van der Waals surface area contributed by atoms with E-state index in [1.54, 1.807) is 43.5 Å². The third kappa shape index (κ3) is 7.82. The van der Waals surface area contributed by atoms with Crippen LogP contribution in [0.25, 0.3) is 22.8 Å². The fraction of sp³-hybridized carbons (Fsp3) is 0. The smallest absolute Gasteiger partial charge is 0.351 e. The molecule has 5 heterocycles. The molecule has 0 aliphatic heterocycles. The van der Waals surface area contributed by atoms with Crippen LogP contribution in [0.1, 0.15) is 0 Å². The van der Waals surface area contributed by atoms with Crippen molar-refractivity contribution in [1.82, 2.24) is 29.9 Å². The first-order valence-electron chi connectivity index (χ1n) is 9.01. The molecule has 0 radical (unpaired) electrons. The molecule has 0 aliphatic carbocycles. The zero-order valence-corrected chi connectivity index (χ0v) is 17.8. The summed E-state index contributed by atoms with van der Waals surface area (Å²) in [5, 5.41) is 0. The molecule has 1 N–H and O–H groups in total. The molecule has 30 heavy (non-hydrogen) atoms. The molecule has 6 nitrogen and oxygen atoms in total. The van der Waals surface area contributed by atoms with Gasteiger partial charge in [-0.1, -0.05) is 24.3 Å². The number of hydrogen-bond donors (Lipinski definition) is 1. The van der Waals surface area contributed by atoms with E-state index in [1.807, 2.05) is 72.8 Å². The Kier molecular flexibility index (Phi) is 10.3. The molecular formula is C23H20N6Ru+2. The Morgan fingerprint density at radius 3 is 1.00 bits per heavy atom. The molecule has 5 aromatic rings. The fourth-order valence-corrected chi connectivity index (χ4v) is 2.27. The van der Waals surface area contributed by atoms with Gasteiger partial charge in [0.15, 0.2) is 0 Å². The maximum atomic E-state index is 4.19. The molecule has 0 amide bonds. The Labute approximate surface area is 188 Å². The van der Waals surface area contributed by atoms with Crippen LogP contribution in [-0.2, 0) is 19.5 Å². The fourth-order valence-electron chi connectivity index (χ4n) is 2.27. The Bertz CT molecular complexity index is 861. The molecule has 0 saturated heterocycles. The number of aromatic amines is 1. The summed E-state index contributed by atoms with van der Waals surface area (Å²) < 4.78 is 0. The summed E-state index contributed by atoms with van der Waals surface area (Å²) in [6.07, 6.45) is 12.2. The van der Waals surface area contributed by atoms with Crippen LogP contribution in [-0.4, -0.2) is 29.9 Å². The minimum Gasteiger partial charge on any atom is -0.351 e. The SMILES string of the molecule is [Ru+2].c1c[nH]cn1.c1ccc(-c2ccccn2)nc1.c1ccc(-c2ccccn2)nc1. The van der Waals surface area contributed by atoms with Gasteiger partial charge in [0, 0.05) is 37.2 Å². The Hall–Kier alpha value is -3.57. The largest absolute Gasteiger partial charge is 2.00 e. The monoisotopic (exact) mass is 482 g/mol. The molecule has 0 aliphatic rings. The second-order valence-electron chi connectivity index (χ2n) is 5.62. The molecule has 148 valence electrons. The van der Waals surface area contributed by atoms with Crippen LogP contribution in [0.5, 0.6) is 0 Å². The zero-order chi connectivity index (χ0) is 20.0. The van der Waals surface area contributed by atoms with E-state index in [-0.39, 0.29) is 19.5 Å². The van der Waals surface area contributed by atoms with Crippen LogP contribution in [0.15, 0.2) is 116 Å². The van der Waals surface area contributed by atoms with Gasteiger partial charge in [0.05, 0.1) is 29.1 Å². The van der Waals surface area contributed by atoms with Crippen molar-refractivity contribution in [2.75, 3.05) is 0 Å². The van der Waals surface area contributed by atoms with Crippen LogP contribution < -0.4 is 0 Å². The van der Waals surface area contributed by atoms with Gasteiger partial charge >= 0.3 is 19.5 Å². The number of H-pyrrole nitrogens is 1. The van der Waals surface area contributed by atoms with Gasteiger partial charge < -0.3 is 4.98 Å². The molecule has 0 spiro atoms. The second kappa shape index (κ2) is 13.6. The van der Waals surface area contributed by atoms with E-state index < -0.39 is 0 Å². The van der Waals surface area contributed by atoms with Gasteiger partial charge in [0.1, 0.15) is 0 Å².